The van der Waals surface area contributed by atoms with Gasteiger partial charge in [-0.15, -0.1) is 0 Å². The number of nitrogens with one attached hydrogen (secondary N) is 2. The fourth-order valence-electron chi connectivity index (χ4n) is 2.71. The first-order chi connectivity index (χ1) is 13.0. The summed E-state index contributed by atoms with van der Waals surface area (Å²) >= 11 is 0. The van der Waals surface area contributed by atoms with Crippen molar-refractivity contribution >= 4 is 23.0 Å². The van der Waals surface area contributed by atoms with Crippen LogP contribution in [0.3, 0.4) is 0 Å². The van der Waals surface area contributed by atoms with Crippen LogP contribution in [0.1, 0.15) is 21.6 Å². The number of aromatic nitrogens is 1. The lowest BCUT2D eigenvalue weighted by atomic mass is 10.1. The molecule has 138 valence electrons. The molecule has 27 heavy (non-hydrogen) atoms. The molecule has 0 aliphatic heterocycles. The lowest BCUT2D eigenvalue weighted by molar-refractivity contribution is 0.102. The number of rotatable bonds is 6. The molecule has 2 aromatic carbocycles. The largest absolute Gasteiger partial charge is 0.381 e. The predicted molar refractivity (Wildman–Crippen MR) is 111 cm³/mol. The maximum absolute atomic E-state index is 12.5. The number of amides is 1. The number of benzene rings is 2. The van der Waals surface area contributed by atoms with Crippen LogP contribution in [0.5, 0.6) is 0 Å². The van der Waals surface area contributed by atoms with Crippen molar-refractivity contribution in [3.05, 3.63) is 83.7 Å². The minimum absolute atomic E-state index is 0.229. The molecule has 0 atom stereocenters. The summed E-state index contributed by atoms with van der Waals surface area (Å²) in [4.78, 5) is 18.7. The molecule has 0 aliphatic rings. The zero-order valence-corrected chi connectivity index (χ0v) is 15.9. The molecule has 1 amide bonds. The van der Waals surface area contributed by atoms with Crippen molar-refractivity contribution in [2.45, 2.75) is 13.5 Å². The van der Waals surface area contributed by atoms with Gasteiger partial charge in [0.2, 0.25) is 0 Å². The summed E-state index contributed by atoms with van der Waals surface area (Å²) in [6.07, 6.45) is 1.64. The number of carbonyl (C=O) groups excluding carboxylic acids is 1. The summed E-state index contributed by atoms with van der Waals surface area (Å²) in [5.41, 5.74) is 5.52. The summed E-state index contributed by atoms with van der Waals surface area (Å²) < 4.78 is 0. The number of pyridine rings is 1. The van der Waals surface area contributed by atoms with E-state index in [-0.39, 0.29) is 5.91 Å². The number of nitrogens with zero attached hydrogens (tertiary/aromatic N) is 2. The van der Waals surface area contributed by atoms with Crippen LogP contribution in [0.15, 0.2) is 66.9 Å². The van der Waals surface area contributed by atoms with Crippen LogP contribution < -0.4 is 15.5 Å². The molecular formula is C22H24N4O. The van der Waals surface area contributed by atoms with E-state index in [9.17, 15) is 4.79 Å². The molecule has 2 N–H and O–H groups in total. The Balaban J connectivity index is 1.65. The van der Waals surface area contributed by atoms with Gasteiger partial charge in [-0.2, -0.15) is 0 Å². The average molecular weight is 360 g/mol. The zero-order valence-electron chi connectivity index (χ0n) is 15.9. The number of hydrogen-bond acceptors (Lipinski definition) is 4. The Morgan fingerprint density at radius 2 is 1.74 bits per heavy atom. The quantitative estimate of drug-likeness (QED) is 0.687. The van der Waals surface area contributed by atoms with Crippen LogP contribution in [-0.4, -0.2) is 25.0 Å². The molecule has 3 rings (SSSR count). The van der Waals surface area contributed by atoms with Crippen LogP contribution >= 0.6 is 0 Å². The van der Waals surface area contributed by atoms with Crippen LogP contribution in [0, 0.1) is 6.92 Å². The van der Waals surface area contributed by atoms with Crippen molar-refractivity contribution in [2.24, 2.45) is 0 Å². The molecule has 5 nitrogen and oxygen atoms in total. The van der Waals surface area contributed by atoms with Gasteiger partial charge in [-0.3, -0.25) is 9.78 Å². The van der Waals surface area contributed by atoms with E-state index in [1.165, 1.54) is 11.1 Å². The third-order valence-electron chi connectivity index (χ3n) is 4.38. The smallest absolute Gasteiger partial charge is 0.274 e. The Hall–Kier alpha value is -3.34. The van der Waals surface area contributed by atoms with Gasteiger partial charge in [-0.25, -0.2) is 0 Å². The summed E-state index contributed by atoms with van der Waals surface area (Å²) in [5, 5.41) is 6.24. The molecule has 3 aromatic rings. The van der Waals surface area contributed by atoms with Gasteiger partial charge >= 0.3 is 0 Å². The van der Waals surface area contributed by atoms with Gasteiger partial charge in [0.15, 0.2) is 0 Å². The van der Waals surface area contributed by atoms with Crippen molar-refractivity contribution in [1.82, 2.24) is 4.98 Å². The average Bonchev–Trinajstić information content (AvgIpc) is 2.68. The second-order valence-electron chi connectivity index (χ2n) is 6.61. The second-order valence-corrected chi connectivity index (χ2v) is 6.61. The molecule has 0 saturated heterocycles. The molecule has 0 spiro atoms. The maximum Gasteiger partial charge on any atom is 0.274 e. The molecule has 0 saturated carbocycles. The van der Waals surface area contributed by atoms with E-state index in [0.29, 0.717) is 12.2 Å². The third-order valence-corrected chi connectivity index (χ3v) is 4.38. The van der Waals surface area contributed by atoms with Gasteiger partial charge in [-0.1, -0.05) is 24.3 Å². The highest BCUT2D eigenvalue weighted by molar-refractivity contribution is 6.03. The normalized spacial score (nSPS) is 10.3. The van der Waals surface area contributed by atoms with Gasteiger partial charge < -0.3 is 15.5 Å². The monoisotopic (exact) mass is 360 g/mol. The van der Waals surface area contributed by atoms with E-state index in [1.54, 1.807) is 12.3 Å². The van der Waals surface area contributed by atoms with E-state index in [0.717, 1.165) is 17.1 Å². The lowest BCUT2D eigenvalue weighted by Crippen LogP contribution is -2.14. The van der Waals surface area contributed by atoms with Gasteiger partial charge in [0.1, 0.15) is 5.69 Å². The van der Waals surface area contributed by atoms with Crippen LogP contribution in [0.2, 0.25) is 0 Å². The number of aryl methyl sites for hydroxylation is 1. The lowest BCUT2D eigenvalue weighted by Gasteiger charge is -2.13. The zero-order chi connectivity index (χ0) is 19.2. The molecule has 0 radical (unpaired) electrons. The summed E-state index contributed by atoms with van der Waals surface area (Å²) in [6, 6.07) is 19.5. The molecule has 0 fully saturated rings. The predicted octanol–water partition coefficient (Wildman–Crippen LogP) is 4.32. The second kappa shape index (κ2) is 8.36. The fraction of sp³-hybridized carbons (Fsp3) is 0.182. The van der Waals surface area contributed by atoms with E-state index < -0.39 is 0 Å². The SMILES string of the molecule is Cc1ccccc1CNc1ccnc(C(=O)Nc2ccc(N(C)C)cc2)c1. The van der Waals surface area contributed by atoms with Gasteiger partial charge in [0, 0.05) is 43.9 Å². The number of anilines is 3. The Morgan fingerprint density at radius 3 is 2.44 bits per heavy atom. The van der Waals surface area contributed by atoms with Crippen molar-refractivity contribution in [2.75, 3.05) is 29.6 Å². The minimum atomic E-state index is -0.229. The van der Waals surface area contributed by atoms with Crippen LogP contribution in [0.25, 0.3) is 0 Å². The van der Waals surface area contributed by atoms with E-state index >= 15 is 0 Å². The Labute approximate surface area is 160 Å². The van der Waals surface area contributed by atoms with E-state index in [4.69, 9.17) is 0 Å². The molecule has 1 aromatic heterocycles. The van der Waals surface area contributed by atoms with E-state index in [2.05, 4.69) is 34.7 Å². The van der Waals surface area contributed by atoms with Crippen LogP contribution in [-0.2, 0) is 6.54 Å². The summed E-state index contributed by atoms with van der Waals surface area (Å²) in [7, 11) is 3.96. The Morgan fingerprint density at radius 1 is 1.00 bits per heavy atom. The van der Waals surface area contributed by atoms with Crippen molar-refractivity contribution in [3.8, 4) is 0 Å². The topological polar surface area (TPSA) is 57.3 Å². The molecule has 0 unspecified atom stereocenters. The van der Waals surface area contributed by atoms with Crippen molar-refractivity contribution in [3.63, 3.8) is 0 Å². The highest BCUT2D eigenvalue weighted by Crippen LogP contribution is 2.17. The van der Waals surface area contributed by atoms with Crippen LogP contribution in [0.4, 0.5) is 17.1 Å². The van der Waals surface area contributed by atoms with Gasteiger partial charge in [0.25, 0.3) is 5.91 Å². The summed E-state index contributed by atoms with van der Waals surface area (Å²) in [5.74, 6) is -0.229. The fourth-order valence-corrected chi connectivity index (χ4v) is 2.71. The molecule has 0 aliphatic carbocycles. The molecule has 1 heterocycles. The first kappa shape index (κ1) is 18.5. The maximum atomic E-state index is 12.5. The third kappa shape index (κ3) is 4.85. The highest BCUT2D eigenvalue weighted by atomic mass is 16.1. The highest BCUT2D eigenvalue weighted by Gasteiger charge is 2.09. The summed E-state index contributed by atoms with van der Waals surface area (Å²) in [6.45, 7) is 2.79. The number of carbonyl (C=O) groups is 1. The van der Waals surface area contributed by atoms with Gasteiger partial charge in [-0.05, 0) is 54.4 Å². The minimum Gasteiger partial charge on any atom is -0.381 e. The Bertz CT molecular complexity index is 920. The van der Waals surface area contributed by atoms with Crippen molar-refractivity contribution < 1.29 is 4.79 Å². The standard InChI is InChI=1S/C22H24N4O/c1-16-6-4-5-7-17(16)15-24-19-12-13-23-21(14-19)22(27)25-18-8-10-20(11-9-18)26(2)3/h4-14H,15H2,1-3H3,(H,23,24)(H,25,27). The molecule has 0 bridgehead atoms. The molecular weight excluding hydrogens is 336 g/mol. The van der Waals surface area contributed by atoms with Crippen molar-refractivity contribution in [1.29, 1.82) is 0 Å². The molecule has 5 heteroatoms. The van der Waals surface area contributed by atoms with Gasteiger partial charge in [0.05, 0.1) is 0 Å². The first-order valence-electron chi connectivity index (χ1n) is 8.86. The first-order valence-corrected chi connectivity index (χ1v) is 8.86. The van der Waals surface area contributed by atoms with E-state index in [1.807, 2.05) is 61.5 Å². The number of hydrogen-bond donors (Lipinski definition) is 2. The Kier molecular flexibility index (Phi) is 5.71.